The van der Waals surface area contributed by atoms with Crippen molar-refractivity contribution < 1.29 is 14.1 Å². The minimum absolute atomic E-state index is 0.0648. The van der Waals surface area contributed by atoms with Gasteiger partial charge in [-0.3, -0.25) is 14.9 Å². The molecular formula is C19H14N2O4S. The summed E-state index contributed by atoms with van der Waals surface area (Å²) in [5.74, 6) is 0.354. The van der Waals surface area contributed by atoms with Gasteiger partial charge < -0.3 is 9.73 Å². The average Bonchev–Trinajstić information content (AvgIpc) is 3.16. The summed E-state index contributed by atoms with van der Waals surface area (Å²) in [5.41, 5.74) is 0.738. The molecule has 1 aromatic heterocycles. The molecule has 26 heavy (non-hydrogen) atoms. The molecule has 0 radical (unpaired) electrons. The van der Waals surface area contributed by atoms with Gasteiger partial charge in [-0.2, -0.15) is 0 Å². The standard InChI is InChI=1S/C19H14N2O4S/c22-19(12-7-16-2-1-13-25-16)20-14-3-8-17(9-4-14)26-18-10-5-15(6-11-18)21(23)24/h1-13H,(H,20,22). The van der Waals surface area contributed by atoms with Crippen LogP contribution < -0.4 is 5.32 Å². The molecule has 1 N–H and O–H groups in total. The molecule has 0 saturated heterocycles. The smallest absolute Gasteiger partial charge is 0.269 e. The second kappa shape index (κ2) is 8.17. The van der Waals surface area contributed by atoms with Gasteiger partial charge in [-0.15, -0.1) is 0 Å². The van der Waals surface area contributed by atoms with Crippen molar-refractivity contribution >= 4 is 35.1 Å². The molecule has 1 heterocycles. The molecule has 0 spiro atoms. The molecule has 3 rings (SSSR count). The molecule has 0 aliphatic carbocycles. The van der Waals surface area contributed by atoms with E-state index in [-0.39, 0.29) is 11.6 Å². The van der Waals surface area contributed by atoms with Crippen LogP contribution in [0.15, 0.2) is 87.2 Å². The topological polar surface area (TPSA) is 85.4 Å². The van der Waals surface area contributed by atoms with Crippen molar-refractivity contribution in [2.75, 3.05) is 5.32 Å². The zero-order valence-corrected chi connectivity index (χ0v) is 14.3. The quantitative estimate of drug-likeness (QED) is 0.377. The van der Waals surface area contributed by atoms with Crippen LogP contribution in [0.3, 0.4) is 0 Å². The minimum Gasteiger partial charge on any atom is -0.465 e. The highest BCUT2D eigenvalue weighted by molar-refractivity contribution is 7.99. The van der Waals surface area contributed by atoms with Gasteiger partial charge in [0.05, 0.1) is 11.2 Å². The van der Waals surface area contributed by atoms with Crippen LogP contribution in [0.4, 0.5) is 11.4 Å². The van der Waals surface area contributed by atoms with Gasteiger partial charge in [0.25, 0.3) is 5.69 Å². The second-order valence-corrected chi connectivity index (χ2v) is 6.36. The van der Waals surface area contributed by atoms with Crippen molar-refractivity contribution in [3.8, 4) is 0 Å². The van der Waals surface area contributed by atoms with E-state index in [9.17, 15) is 14.9 Å². The predicted octanol–water partition coefficient (Wildman–Crippen LogP) is 4.99. The Morgan fingerprint density at radius 2 is 1.69 bits per heavy atom. The third-order valence-electron chi connectivity index (χ3n) is 3.35. The van der Waals surface area contributed by atoms with E-state index in [4.69, 9.17) is 4.42 Å². The Hall–Kier alpha value is -3.32. The number of nitrogens with one attached hydrogen (secondary N) is 1. The third kappa shape index (κ3) is 4.84. The minimum atomic E-state index is -0.424. The van der Waals surface area contributed by atoms with E-state index < -0.39 is 4.92 Å². The number of nitro benzene ring substituents is 1. The first kappa shape index (κ1) is 17.5. The number of carbonyl (C=O) groups excluding carboxylic acids is 1. The fourth-order valence-electron chi connectivity index (χ4n) is 2.11. The van der Waals surface area contributed by atoms with E-state index in [1.165, 1.54) is 30.0 Å². The summed E-state index contributed by atoms with van der Waals surface area (Å²) in [5, 5.41) is 13.4. The normalized spacial score (nSPS) is 10.8. The number of benzene rings is 2. The maximum atomic E-state index is 11.9. The molecule has 0 aliphatic rings. The van der Waals surface area contributed by atoms with Gasteiger partial charge in [-0.25, -0.2) is 0 Å². The molecule has 130 valence electrons. The van der Waals surface area contributed by atoms with E-state index >= 15 is 0 Å². The van der Waals surface area contributed by atoms with Gasteiger partial charge in [0.15, 0.2) is 0 Å². The Kier molecular flexibility index (Phi) is 5.50. The average molecular weight is 366 g/mol. The van der Waals surface area contributed by atoms with Gasteiger partial charge in [0, 0.05) is 33.7 Å². The van der Waals surface area contributed by atoms with Crippen molar-refractivity contribution in [3.63, 3.8) is 0 Å². The summed E-state index contributed by atoms with van der Waals surface area (Å²) >= 11 is 1.48. The van der Waals surface area contributed by atoms with Crippen LogP contribution in [0, 0.1) is 10.1 Å². The lowest BCUT2D eigenvalue weighted by Crippen LogP contribution is -2.07. The van der Waals surface area contributed by atoms with Crippen LogP contribution in [0.2, 0.25) is 0 Å². The summed E-state index contributed by atoms with van der Waals surface area (Å²) < 4.78 is 5.12. The molecular weight excluding hydrogens is 352 g/mol. The van der Waals surface area contributed by atoms with Crippen LogP contribution >= 0.6 is 11.8 Å². The summed E-state index contributed by atoms with van der Waals surface area (Å²) in [6.07, 6.45) is 4.53. The Balaban J connectivity index is 1.57. The zero-order chi connectivity index (χ0) is 18.4. The SMILES string of the molecule is O=C(C=Cc1ccco1)Nc1ccc(Sc2ccc([N+](=O)[O-])cc2)cc1. The van der Waals surface area contributed by atoms with Crippen LogP contribution in [-0.2, 0) is 4.79 Å². The molecule has 0 bridgehead atoms. The molecule has 0 fully saturated rings. The number of nitrogens with zero attached hydrogens (tertiary/aromatic N) is 1. The van der Waals surface area contributed by atoms with Gasteiger partial charge in [-0.05, 0) is 54.6 Å². The Bertz CT molecular complexity index is 917. The van der Waals surface area contributed by atoms with Gasteiger partial charge in [0.1, 0.15) is 5.76 Å². The molecule has 2 aromatic carbocycles. The number of carbonyl (C=O) groups is 1. The molecule has 0 atom stereocenters. The molecule has 0 aliphatic heterocycles. The van der Waals surface area contributed by atoms with E-state index in [0.717, 1.165) is 9.79 Å². The highest BCUT2D eigenvalue weighted by Crippen LogP contribution is 2.29. The fraction of sp³-hybridized carbons (Fsp3) is 0. The van der Waals surface area contributed by atoms with E-state index in [2.05, 4.69) is 5.32 Å². The lowest BCUT2D eigenvalue weighted by atomic mass is 10.3. The van der Waals surface area contributed by atoms with Gasteiger partial charge in [-0.1, -0.05) is 11.8 Å². The number of hydrogen-bond donors (Lipinski definition) is 1. The monoisotopic (exact) mass is 366 g/mol. The van der Waals surface area contributed by atoms with Crippen molar-refractivity contribution in [3.05, 3.63) is 88.9 Å². The number of nitro groups is 1. The number of amides is 1. The Morgan fingerprint density at radius 3 is 2.27 bits per heavy atom. The molecule has 0 saturated carbocycles. The molecule has 6 nitrogen and oxygen atoms in total. The lowest BCUT2D eigenvalue weighted by Gasteiger charge is -2.05. The highest BCUT2D eigenvalue weighted by atomic mass is 32.2. The third-order valence-corrected chi connectivity index (χ3v) is 4.36. The molecule has 1 amide bonds. The van der Waals surface area contributed by atoms with Crippen molar-refractivity contribution in [1.82, 2.24) is 0 Å². The van der Waals surface area contributed by atoms with Crippen molar-refractivity contribution in [2.45, 2.75) is 9.79 Å². The van der Waals surface area contributed by atoms with Crippen LogP contribution in [0.1, 0.15) is 5.76 Å². The summed E-state index contributed by atoms with van der Waals surface area (Å²) in [7, 11) is 0. The highest BCUT2D eigenvalue weighted by Gasteiger charge is 2.05. The second-order valence-electron chi connectivity index (χ2n) is 5.22. The number of anilines is 1. The van der Waals surface area contributed by atoms with Crippen LogP contribution in [-0.4, -0.2) is 10.8 Å². The number of non-ortho nitro benzene ring substituents is 1. The predicted molar refractivity (Wildman–Crippen MR) is 100 cm³/mol. The van der Waals surface area contributed by atoms with E-state index in [1.54, 1.807) is 48.7 Å². The largest absolute Gasteiger partial charge is 0.465 e. The van der Waals surface area contributed by atoms with Crippen LogP contribution in [0.25, 0.3) is 6.08 Å². The first-order valence-electron chi connectivity index (χ1n) is 7.65. The van der Waals surface area contributed by atoms with Crippen molar-refractivity contribution in [2.24, 2.45) is 0 Å². The Morgan fingerprint density at radius 1 is 1.04 bits per heavy atom. The van der Waals surface area contributed by atoms with Gasteiger partial charge in [0.2, 0.25) is 5.91 Å². The molecule has 7 heteroatoms. The lowest BCUT2D eigenvalue weighted by molar-refractivity contribution is -0.384. The molecule has 3 aromatic rings. The van der Waals surface area contributed by atoms with Gasteiger partial charge >= 0.3 is 0 Å². The number of rotatable bonds is 6. The first-order chi connectivity index (χ1) is 12.6. The van der Waals surface area contributed by atoms with Crippen molar-refractivity contribution in [1.29, 1.82) is 0 Å². The summed E-state index contributed by atoms with van der Waals surface area (Å²) in [6.45, 7) is 0. The first-order valence-corrected chi connectivity index (χ1v) is 8.47. The maximum absolute atomic E-state index is 11.9. The summed E-state index contributed by atoms with van der Waals surface area (Å²) in [4.78, 5) is 24.0. The fourth-order valence-corrected chi connectivity index (χ4v) is 2.92. The van der Waals surface area contributed by atoms with Crippen LogP contribution in [0.5, 0.6) is 0 Å². The number of furan rings is 1. The number of hydrogen-bond acceptors (Lipinski definition) is 5. The maximum Gasteiger partial charge on any atom is 0.269 e. The molecule has 0 unspecified atom stereocenters. The Labute approximate surface area is 153 Å². The zero-order valence-electron chi connectivity index (χ0n) is 13.5. The van der Waals surface area contributed by atoms with E-state index in [1.807, 2.05) is 12.1 Å². The summed E-state index contributed by atoms with van der Waals surface area (Å²) in [6, 6.07) is 17.2. The van der Waals surface area contributed by atoms with E-state index in [0.29, 0.717) is 11.4 Å².